The van der Waals surface area contributed by atoms with Crippen molar-refractivity contribution in [3.05, 3.63) is 24.3 Å². The minimum Gasteiger partial charge on any atom is -0.310 e. The lowest BCUT2D eigenvalue weighted by Crippen LogP contribution is -2.34. The van der Waals surface area contributed by atoms with E-state index in [4.69, 9.17) is 0 Å². The summed E-state index contributed by atoms with van der Waals surface area (Å²) < 4.78 is 0. The highest BCUT2D eigenvalue weighted by Gasteiger charge is 2.19. The second kappa shape index (κ2) is 5.94. The first kappa shape index (κ1) is 11.5. The first-order chi connectivity index (χ1) is 7.86. The fourth-order valence-corrected chi connectivity index (χ4v) is 2.50. The van der Waals surface area contributed by atoms with Gasteiger partial charge in [0.1, 0.15) is 6.33 Å². The fraction of sp³-hybridized carbons (Fsp3) is 0.692. The van der Waals surface area contributed by atoms with Crippen molar-refractivity contribution < 1.29 is 0 Å². The van der Waals surface area contributed by atoms with E-state index in [2.05, 4.69) is 22.2 Å². The van der Waals surface area contributed by atoms with Gasteiger partial charge in [0, 0.05) is 30.5 Å². The molecule has 1 aromatic rings. The number of nitrogens with zero attached hydrogens (tertiary/aromatic N) is 2. The van der Waals surface area contributed by atoms with Crippen LogP contribution in [0, 0.1) is 5.92 Å². The van der Waals surface area contributed by atoms with Crippen molar-refractivity contribution in [1.29, 1.82) is 0 Å². The second-order valence-corrected chi connectivity index (χ2v) is 4.81. The normalized spacial score (nSPS) is 19.6. The first-order valence-corrected chi connectivity index (χ1v) is 6.33. The third-order valence-corrected chi connectivity index (χ3v) is 3.60. The van der Waals surface area contributed by atoms with Crippen molar-refractivity contribution in [1.82, 2.24) is 15.3 Å². The second-order valence-electron chi connectivity index (χ2n) is 4.81. The van der Waals surface area contributed by atoms with Gasteiger partial charge in [-0.25, -0.2) is 9.97 Å². The molecule has 0 bridgehead atoms. The highest BCUT2D eigenvalue weighted by atomic mass is 14.9. The molecule has 1 heterocycles. The van der Waals surface area contributed by atoms with E-state index in [-0.39, 0.29) is 0 Å². The van der Waals surface area contributed by atoms with E-state index in [9.17, 15) is 0 Å². The molecule has 3 heteroatoms. The van der Waals surface area contributed by atoms with Crippen LogP contribution in [0.25, 0.3) is 0 Å². The van der Waals surface area contributed by atoms with Gasteiger partial charge in [-0.2, -0.15) is 0 Å². The maximum Gasteiger partial charge on any atom is 0.115 e. The van der Waals surface area contributed by atoms with E-state index < -0.39 is 0 Å². The van der Waals surface area contributed by atoms with Crippen LogP contribution in [0.15, 0.2) is 18.7 Å². The summed E-state index contributed by atoms with van der Waals surface area (Å²) in [5, 5.41) is 3.59. The summed E-state index contributed by atoms with van der Waals surface area (Å²) in [6.07, 6.45) is 12.4. The van der Waals surface area contributed by atoms with Crippen molar-refractivity contribution in [2.75, 3.05) is 0 Å². The van der Waals surface area contributed by atoms with Crippen LogP contribution in [0.5, 0.6) is 0 Å². The molecule has 1 fully saturated rings. The van der Waals surface area contributed by atoms with E-state index in [1.165, 1.54) is 37.7 Å². The Kier molecular flexibility index (Phi) is 4.28. The minimum atomic E-state index is 0.612. The van der Waals surface area contributed by atoms with Crippen LogP contribution in [0.1, 0.15) is 44.6 Å². The summed E-state index contributed by atoms with van der Waals surface area (Å²) in [5.74, 6) is 0.860. The monoisotopic (exact) mass is 219 g/mol. The Labute approximate surface area is 97.7 Å². The Morgan fingerprint density at radius 3 is 2.62 bits per heavy atom. The van der Waals surface area contributed by atoms with Crippen LogP contribution in [0.4, 0.5) is 0 Å². The van der Waals surface area contributed by atoms with E-state index in [1.54, 1.807) is 6.33 Å². The molecule has 3 nitrogen and oxygen atoms in total. The molecule has 0 spiro atoms. The molecular weight excluding hydrogens is 198 g/mol. The third-order valence-electron chi connectivity index (χ3n) is 3.60. The van der Waals surface area contributed by atoms with Gasteiger partial charge in [-0.3, -0.25) is 0 Å². The van der Waals surface area contributed by atoms with Crippen molar-refractivity contribution in [3.8, 4) is 0 Å². The molecule has 1 aliphatic rings. The predicted octanol–water partition coefficient (Wildman–Crippen LogP) is 2.54. The van der Waals surface area contributed by atoms with Gasteiger partial charge < -0.3 is 5.32 Å². The predicted molar refractivity (Wildman–Crippen MR) is 64.9 cm³/mol. The number of rotatable bonds is 4. The quantitative estimate of drug-likeness (QED) is 0.845. The Morgan fingerprint density at radius 2 is 1.94 bits per heavy atom. The van der Waals surface area contributed by atoms with E-state index in [1.807, 2.05) is 12.4 Å². The molecule has 1 atom stereocenters. The highest BCUT2D eigenvalue weighted by Crippen LogP contribution is 2.26. The van der Waals surface area contributed by atoms with Gasteiger partial charge in [0.15, 0.2) is 0 Å². The zero-order valence-corrected chi connectivity index (χ0v) is 10.0. The third kappa shape index (κ3) is 3.27. The molecular formula is C13H21N3. The SMILES string of the molecule is CC(NCc1cncnc1)C1CCCCC1. The van der Waals surface area contributed by atoms with Crippen molar-refractivity contribution >= 4 is 0 Å². The summed E-state index contributed by atoms with van der Waals surface area (Å²) in [7, 11) is 0. The average molecular weight is 219 g/mol. The molecule has 2 rings (SSSR count). The van der Waals surface area contributed by atoms with Gasteiger partial charge in [0.05, 0.1) is 0 Å². The zero-order chi connectivity index (χ0) is 11.2. The first-order valence-electron chi connectivity index (χ1n) is 6.33. The number of aromatic nitrogens is 2. The van der Waals surface area contributed by atoms with Crippen LogP contribution >= 0.6 is 0 Å². The van der Waals surface area contributed by atoms with Gasteiger partial charge in [-0.15, -0.1) is 0 Å². The summed E-state index contributed by atoms with van der Waals surface area (Å²) in [4.78, 5) is 8.05. The Bertz CT molecular complexity index is 293. The topological polar surface area (TPSA) is 37.8 Å². The lowest BCUT2D eigenvalue weighted by atomic mass is 9.84. The van der Waals surface area contributed by atoms with Crippen LogP contribution in [-0.4, -0.2) is 16.0 Å². The lowest BCUT2D eigenvalue weighted by molar-refractivity contribution is 0.280. The number of hydrogen-bond acceptors (Lipinski definition) is 3. The standard InChI is InChI=1S/C13H21N3/c1-11(13-5-3-2-4-6-13)16-9-12-7-14-10-15-8-12/h7-8,10-11,13,16H,2-6,9H2,1H3. The van der Waals surface area contributed by atoms with Crippen LogP contribution in [0.3, 0.4) is 0 Å². The van der Waals surface area contributed by atoms with Gasteiger partial charge >= 0.3 is 0 Å². The van der Waals surface area contributed by atoms with E-state index >= 15 is 0 Å². The average Bonchev–Trinajstić information content (AvgIpc) is 2.38. The molecule has 1 unspecified atom stereocenters. The molecule has 1 N–H and O–H groups in total. The smallest absolute Gasteiger partial charge is 0.115 e. The van der Waals surface area contributed by atoms with Crippen molar-refractivity contribution in [3.63, 3.8) is 0 Å². The molecule has 1 aliphatic carbocycles. The molecule has 0 amide bonds. The summed E-state index contributed by atoms with van der Waals surface area (Å²) in [6, 6.07) is 0.612. The molecule has 1 saturated carbocycles. The zero-order valence-electron chi connectivity index (χ0n) is 10.0. The van der Waals surface area contributed by atoms with Crippen molar-refractivity contribution in [2.24, 2.45) is 5.92 Å². The van der Waals surface area contributed by atoms with Crippen molar-refractivity contribution in [2.45, 2.75) is 51.6 Å². The highest BCUT2D eigenvalue weighted by molar-refractivity contribution is 5.01. The number of nitrogens with one attached hydrogen (secondary N) is 1. The summed E-state index contributed by atoms with van der Waals surface area (Å²) in [5.41, 5.74) is 1.17. The van der Waals surface area contributed by atoms with Crippen LogP contribution in [-0.2, 0) is 6.54 Å². The molecule has 0 radical (unpaired) electrons. The summed E-state index contributed by atoms with van der Waals surface area (Å²) in [6.45, 7) is 3.19. The molecule has 0 aromatic carbocycles. The van der Waals surface area contributed by atoms with Gasteiger partial charge in [0.2, 0.25) is 0 Å². The molecule has 1 aromatic heterocycles. The number of hydrogen-bond donors (Lipinski definition) is 1. The lowest BCUT2D eigenvalue weighted by Gasteiger charge is -2.28. The van der Waals surface area contributed by atoms with Crippen LogP contribution in [0.2, 0.25) is 0 Å². The minimum absolute atomic E-state index is 0.612. The Morgan fingerprint density at radius 1 is 1.25 bits per heavy atom. The largest absolute Gasteiger partial charge is 0.310 e. The molecule has 88 valence electrons. The summed E-state index contributed by atoms with van der Waals surface area (Å²) >= 11 is 0. The Hall–Kier alpha value is -0.960. The molecule has 0 aliphatic heterocycles. The molecule has 0 saturated heterocycles. The maximum atomic E-state index is 4.02. The van der Waals surface area contributed by atoms with E-state index in [0.717, 1.165) is 12.5 Å². The maximum absolute atomic E-state index is 4.02. The van der Waals surface area contributed by atoms with Crippen LogP contribution < -0.4 is 5.32 Å². The fourth-order valence-electron chi connectivity index (χ4n) is 2.50. The van der Waals surface area contributed by atoms with Gasteiger partial charge in [-0.05, 0) is 25.7 Å². The van der Waals surface area contributed by atoms with Gasteiger partial charge in [0.25, 0.3) is 0 Å². The van der Waals surface area contributed by atoms with Gasteiger partial charge in [-0.1, -0.05) is 19.3 Å². The Balaban J connectivity index is 1.76. The molecule has 16 heavy (non-hydrogen) atoms. The van der Waals surface area contributed by atoms with E-state index in [0.29, 0.717) is 6.04 Å².